The average Bonchev–Trinajstić information content (AvgIpc) is 1.80. The Morgan fingerprint density at radius 3 is 2.67 bits per heavy atom. The van der Waals surface area contributed by atoms with Gasteiger partial charge in [-0.1, -0.05) is 0 Å². The summed E-state index contributed by atoms with van der Waals surface area (Å²) in [6.07, 6.45) is 1.18. The van der Waals surface area contributed by atoms with Crippen molar-refractivity contribution in [1.29, 1.82) is 0 Å². The van der Waals surface area contributed by atoms with Gasteiger partial charge in [-0.2, -0.15) is 0 Å². The number of nitrogens with one attached hydrogen (secondary N) is 1. The predicted molar refractivity (Wildman–Crippen MR) is 32.6 cm³/mol. The second-order valence-corrected chi connectivity index (χ2v) is 1.79. The van der Waals surface area contributed by atoms with Gasteiger partial charge in [0.05, 0.1) is 0 Å². The van der Waals surface area contributed by atoms with Gasteiger partial charge in [-0.25, -0.2) is 8.88 Å². The zero-order valence-electron chi connectivity index (χ0n) is 4.30. The minimum atomic E-state index is -0.621. The van der Waals surface area contributed by atoms with Crippen LogP contribution in [0.25, 0.3) is 0 Å². The van der Waals surface area contributed by atoms with Crippen molar-refractivity contribution in [2.45, 2.75) is 0 Å². The van der Waals surface area contributed by atoms with Crippen molar-refractivity contribution in [3.8, 4) is 0 Å². The van der Waals surface area contributed by atoms with Crippen LogP contribution in [0.3, 0.4) is 0 Å². The third-order valence-electron chi connectivity index (χ3n) is 0.781. The Balaban J connectivity index is 3.52. The second kappa shape index (κ2) is 2.06. The van der Waals surface area contributed by atoms with Gasteiger partial charge in [-0.3, -0.25) is 9.78 Å². The van der Waals surface area contributed by atoms with Crippen LogP contribution in [0, 0.1) is 0 Å². The molecule has 5 heteroatoms. The predicted octanol–water partition coefficient (Wildman–Crippen LogP) is -0.461. The van der Waals surface area contributed by atoms with E-state index in [1.54, 1.807) is 0 Å². The van der Waals surface area contributed by atoms with Crippen LogP contribution in [-0.2, 0) is 0 Å². The number of rotatable bonds is 0. The summed E-state index contributed by atoms with van der Waals surface area (Å²) in [6, 6.07) is 1.16. The number of hydrogen-bond acceptors (Lipinski definition) is 2. The van der Waals surface area contributed by atoms with Crippen LogP contribution in [0.15, 0.2) is 21.9 Å². The molecule has 48 valence electrons. The number of aromatic nitrogens is 2. The van der Waals surface area contributed by atoms with E-state index in [1.165, 1.54) is 6.20 Å². The van der Waals surface area contributed by atoms with Crippen LogP contribution in [0.4, 0.5) is 0 Å². The molecule has 9 heavy (non-hydrogen) atoms. The van der Waals surface area contributed by atoms with E-state index in [4.69, 9.17) is 11.8 Å². The Morgan fingerprint density at radius 1 is 1.56 bits per heavy atom. The summed E-state index contributed by atoms with van der Waals surface area (Å²) in [5.74, 6) is 0. The van der Waals surface area contributed by atoms with Crippen molar-refractivity contribution in [2.75, 3.05) is 0 Å². The highest BCUT2D eigenvalue weighted by Crippen LogP contribution is 1.73. The van der Waals surface area contributed by atoms with Crippen LogP contribution in [0.1, 0.15) is 0 Å². The zero-order valence-corrected chi connectivity index (χ0v) is 5.05. The molecule has 1 rings (SSSR count). The summed E-state index contributed by atoms with van der Waals surface area (Å²) in [5.41, 5.74) is -1.07. The second-order valence-electron chi connectivity index (χ2n) is 1.42. The molecule has 0 aromatic carbocycles. The van der Waals surface area contributed by atoms with Crippen molar-refractivity contribution in [3.63, 3.8) is 0 Å². The summed E-state index contributed by atoms with van der Waals surface area (Å²) < 4.78 is 0.765. The maximum absolute atomic E-state index is 10.4. The van der Waals surface area contributed by atoms with Crippen LogP contribution in [0.2, 0.25) is 0 Å². The lowest BCUT2D eigenvalue weighted by Gasteiger charge is -1.85. The first-order chi connectivity index (χ1) is 4.20. The van der Waals surface area contributed by atoms with Crippen molar-refractivity contribution >= 4 is 11.8 Å². The van der Waals surface area contributed by atoms with Gasteiger partial charge in [0, 0.05) is 24.0 Å². The summed E-state index contributed by atoms with van der Waals surface area (Å²) in [6.45, 7) is 0. The highest BCUT2D eigenvalue weighted by Gasteiger charge is 1.87. The van der Waals surface area contributed by atoms with Gasteiger partial charge in [0.1, 0.15) is 0 Å². The largest absolute Gasteiger partial charge is 0.343 e. The standard InChI is InChI=1S/C4H3ClN2O2/c5-7-2-1-3(8)6-4(7)9/h1-2H,(H,6,8,9). The van der Waals surface area contributed by atoms with E-state index in [9.17, 15) is 9.59 Å². The molecule has 0 spiro atoms. The Kier molecular flexibility index (Phi) is 1.40. The molecule has 0 fully saturated rings. The molecule has 0 bridgehead atoms. The molecule has 1 N–H and O–H groups in total. The molecule has 0 radical (unpaired) electrons. The molecule has 0 unspecified atom stereocenters. The first-order valence-electron chi connectivity index (χ1n) is 2.18. The number of nitrogens with zero attached hydrogens (tertiary/aromatic N) is 1. The summed E-state index contributed by atoms with van der Waals surface area (Å²) in [4.78, 5) is 22.7. The topological polar surface area (TPSA) is 54.9 Å². The molecule has 0 atom stereocenters. The Bertz CT molecular complexity index is 313. The van der Waals surface area contributed by atoms with E-state index in [-0.39, 0.29) is 0 Å². The van der Waals surface area contributed by atoms with Crippen molar-refractivity contribution in [3.05, 3.63) is 33.1 Å². The summed E-state index contributed by atoms with van der Waals surface area (Å²) in [5, 5.41) is 0. The lowest BCUT2D eigenvalue weighted by atomic mass is 10.7. The lowest BCUT2D eigenvalue weighted by molar-refractivity contribution is 0.978. The molecule has 0 saturated heterocycles. The van der Waals surface area contributed by atoms with E-state index < -0.39 is 11.2 Å². The monoisotopic (exact) mass is 146 g/mol. The van der Waals surface area contributed by atoms with Crippen molar-refractivity contribution in [1.82, 2.24) is 9.07 Å². The van der Waals surface area contributed by atoms with Gasteiger partial charge >= 0.3 is 5.69 Å². The van der Waals surface area contributed by atoms with Gasteiger partial charge in [0.2, 0.25) is 0 Å². The Hall–Kier alpha value is -1.03. The van der Waals surface area contributed by atoms with Gasteiger partial charge in [0.25, 0.3) is 5.56 Å². The molecule has 4 nitrogen and oxygen atoms in total. The number of halogens is 1. The highest BCUT2D eigenvalue weighted by molar-refractivity contribution is 6.15. The minimum absolute atomic E-state index is 0.447. The third kappa shape index (κ3) is 1.20. The Labute approximate surface area is 54.8 Å². The van der Waals surface area contributed by atoms with Crippen molar-refractivity contribution in [2.24, 2.45) is 0 Å². The fourth-order valence-electron chi connectivity index (χ4n) is 0.401. The van der Waals surface area contributed by atoms with Crippen LogP contribution < -0.4 is 11.2 Å². The minimum Gasteiger partial charge on any atom is -0.273 e. The first kappa shape index (κ1) is 6.10. The number of aromatic amines is 1. The summed E-state index contributed by atoms with van der Waals surface area (Å²) >= 11 is 5.21. The van der Waals surface area contributed by atoms with E-state index in [2.05, 4.69) is 0 Å². The third-order valence-corrected chi connectivity index (χ3v) is 1.05. The van der Waals surface area contributed by atoms with Gasteiger partial charge in [-0.05, 0) is 0 Å². The SMILES string of the molecule is O=c1ccn(Cl)c(=O)[nH]1. The lowest BCUT2D eigenvalue weighted by Crippen LogP contribution is -2.23. The fourth-order valence-corrected chi connectivity index (χ4v) is 0.500. The number of hydrogen-bond donors (Lipinski definition) is 1. The molecular formula is C4H3ClN2O2. The molecule has 0 aliphatic carbocycles. The first-order valence-corrected chi connectivity index (χ1v) is 2.52. The van der Waals surface area contributed by atoms with Crippen LogP contribution in [-0.4, -0.2) is 9.07 Å². The van der Waals surface area contributed by atoms with Crippen molar-refractivity contribution < 1.29 is 0 Å². The van der Waals surface area contributed by atoms with Crippen LogP contribution >= 0.6 is 11.8 Å². The van der Waals surface area contributed by atoms with Gasteiger partial charge in [-0.15, -0.1) is 0 Å². The maximum atomic E-state index is 10.4. The normalized spacial score (nSPS) is 9.44. The quantitative estimate of drug-likeness (QED) is 0.539. The van der Waals surface area contributed by atoms with Gasteiger partial charge < -0.3 is 0 Å². The van der Waals surface area contributed by atoms with Crippen LogP contribution in [0.5, 0.6) is 0 Å². The molecule has 0 saturated carbocycles. The van der Waals surface area contributed by atoms with Gasteiger partial charge in [0.15, 0.2) is 0 Å². The molecule has 0 amide bonds. The smallest absolute Gasteiger partial charge is 0.273 e. The molecule has 1 aromatic rings. The molecule has 1 heterocycles. The molecular weight excluding hydrogens is 144 g/mol. The highest BCUT2D eigenvalue weighted by atomic mass is 35.5. The zero-order chi connectivity index (χ0) is 6.85. The molecule has 1 aromatic heterocycles. The Morgan fingerprint density at radius 2 is 2.22 bits per heavy atom. The maximum Gasteiger partial charge on any atom is 0.343 e. The average molecular weight is 147 g/mol. The molecule has 0 aliphatic heterocycles. The van der Waals surface area contributed by atoms with E-state index >= 15 is 0 Å². The fraction of sp³-hybridized carbons (Fsp3) is 0. The van der Waals surface area contributed by atoms with E-state index in [0.717, 1.165) is 10.2 Å². The van der Waals surface area contributed by atoms with E-state index in [0.29, 0.717) is 0 Å². The molecule has 0 aliphatic rings. The summed E-state index contributed by atoms with van der Waals surface area (Å²) in [7, 11) is 0. The number of H-pyrrole nitrogens is 1. The van der Waals surface area contributed by atoms with E-state index in [1.807, 2.05) is 4.98 Å².